The Balaban J connectivity index is 2.39. The van der Waals surface area contributed by atoms with Crippen molar-refractivity contribution in [1.29, 1.82) is 0 Å². The lowest BCUT2D eigenvalue weighted by atomic mass is 10.0. The summed E-state index contributed by atoms with van der Waals surface area (Å²) in [5, 5.41) is 0. The van der Waals surface area contributed by atoms with Crippen molar-refractivity contribution in [3.63, 3.8) is 0 Å². The van der Waals surface area contributed by atoms with Gasteiger partial charge < -0.3 is 9.97 Å². The predicted octanol–water partition coefficient (Wildman–Crippen LogP) is 3.62. The molecular weight excluding hydrogens is 236 g/mol. The van der Waals surface area contributed by atoms with Gasteiger partial charge in [-0.05, 0) is 50.8 Å². The second kappa shape index (κ2) is 5.08. The fourth-order valence-corrected chi connectivity index (χ4v) is 2.95. The first kappa shape index (κ1) is 13.7. The van der Waals surface area contributed by atoms with E-state index in [4.69, 9.17) is 0 Å². The molecule has 102 valence electrons. The highest BCUT2D eigenvalue weighted by Crippen LogP contribution is 2.23. The summed E-state index contributed by atoms with van der Waals surface area (Å²) in [6, 6.07) is 0. The van der Waals surface area contributed by atoms with Crippen LogP contribution in [0.5, 0.6) is 0 Å². The van der Waals surface area contributed by atoms with Gasteiger partial charge in [0.2, 0.25) is 0 Å². The smallest absolute Gasteiger partial charge is 0.161 e. The summed E-state index contributed by atoms with van der Waals surface area (Å²) in [6.07, 6.45) is 3.92. The molecule has 0 saturated carbocycles. The quantitative estimate of drug-likeness (QED) is 0.808. The van der Waals surface area contributed by atoms with Crippen LogP contribution in [0, 0.1) is 20.8 Å². The van der Waals surface area contributed by atoms with Gasteiger partial charge in [0.15, 0.2) is 5.78 Å². The lowest BCUT2D eigenvalue weighted by Gasteiger charge is -2.04. The number of aromatic amines is 2. The van der Waals surface area contributed by atoms with Crippen LogP contribution >= 0.6 is 0 Å². The molecule has 19 heavy (non-hydrogen) atoms. The van der Waals surface area contributed by atoms with Gasteiger partial charge in [-0.25, -0.2) is 0 Å². The van der Waals surface area contributed by atoms with Crippen molar-refractivity contribution < 1.29 is 4.79 Å². The first-order valence-corrected chi connectivity index (χ1v) is 6.80. The van der Waals surface area contributed by atoms with Crippen molar-refractivity contribution in [2.75, 3.05) is 0 Å². The molecule has 2 aromatic heterocycles. The number of Topliss-reactive ketones (excluding diaryl/α,β-unsaturated/α-hetero) is 1. The number of nitrogens with one attached hydrogen (secondary N) is 2. The standard InChI is InChI=1S/C16H22N2O/c1-6-13-9(2)8-17-15(13)7-14-10(3)16(12(5)19)11(4)18-14/h8,17-18H,6-7H2,1-5H3. The minimum atomic E-state index is 0.135. The number of carbonyl (C=O) groups is 1. The Morgan fingerprint density at radius 2 is 1.89 bits per heavy atom. The van der Waals surface area contributed by atoms with Gasteiger partial charge in [-0.1, -0.05) is 6.92 Å². The third-order valence-corrected chi connectivity index (χ3v) is 3.90. The third-order valence-electron chi connectivity index (χ3n) is 3.90. The maximum absolute atomic E-state index is 11.7. The molecular formula is C16H22N2O. The molecule has 3 heteroatoms. The average Bonchev–Trinajstić information content (AvgIpc) is 2.81. The van der Waals surface area contributed by atoms with E-state index in [1.807, 2.05) is 13.8 Å². The number of carbonyl (C=O) groups excluding carboxylic acids is 1. The second-order valence-electron chi connectivity index (χ2n) is 5.24. The summed E-state index contributed by atoms with van der Waals surface area (Å²) >= 11 is 0. The van der Waals surface area contributed by atoms with Crippen molar-refractivity contribution in [3.05, 3.63) is 45.5 Å². The predicted molar refractivity (Wildman–Crippen MR) is 78.0 cm³/mol. The average molecular weight is 258 g/mol. The summed E-state index contributed by atoms with van der Waals surface area (Å²) in [5.74, 6) is 0.135. The van der Waals surface area contributed by atoms with Gasteiger partial charge in [0.25, 0.3) is 0 Å². The van der Waals surface area contributed by atoms with Crippen molar-refractivity contribution in [2.24, 2.45) is 0 Å². The highest BCUT2D eigenvalue weighted by molar-refractivity contribution is 5.97. The van der Waals surface area contributed by atoms with E-state index in [0.717, 1.165) is 35.4 Å². The largest absolute Gasteiger partial charge is 0.364 e. The van der Waals surface area contributed by atoms with Gasteiger partial charge in [0.1, 0.15) is 0 Å². The Kier molecular flexibility index (Phi) is 3.65. The van der Waals surface area contributed by atoms with Crippen molar-refractivity contribution in [2.45, 2.75) is 47.5 Å². The Hall–Kier alpha value is -1.77. The molecule has 0 aromatic carbocycles. The Morgan fingerprint density at radius 3 is 2.42 bits per heavy atom. The maximum Gasteiger partial charge on any atom is 0.161 e. The van der Waals surface area contributed by atoms with E-state index in [2.05, 4.69) is 30.0 Å². The number of aryl methyl sites for hydroxylation is 2. The molecule has 0 amide bonds. The van der Waals surface area contributed by atoms with Gasteiger partial charge in [0, 0.05) is 35.3 Å². The van der Waals surface area contributed by atoms with E-state index in [1.54, 1.807) is 6.92 Å². The van der Waals surface area contributed by atoms with Crippen molar-refractivity contribution in [3.8, 4) is 0 Å². The van der Waals surface area contributed by atoms with E-state index in [9.17, 15) is 4.79 Å². The minimum Gasteiger partial charge on any atom is -0.364 e. The summed E-state index contributed by atoms with van der Waals surface area (Å²) in [5.41, 5.74) is 7.98. The van der Waals surface area contributed by atoms with Gasteiger partial charge in [-0.15, -0.1) is 0 Å². The summed E-state index contributed by atoms with van der Waals surface area (Å²) in [4.78, 5) is 18.4. The molecule has 0 saturated heterocycles. The molecule has 0 aliphatic heterocycles. The van der Waals surface area contributed by atoms with Crippen molar-refractivity contribution >= 4 is 5.78 Å². The topological polar surface area (TPSA) is 48.6 Å². The number of hydrogen-bond acceptors (Lipinski definition) is 1. The SMILES string of the molecule is CCc1c(C)c[nH]c1Cc1[nH]c(C)c(C(C)=O)c1C. The van der Waals surface area contributed by atoms with Crippen LogP contribution < -0.4 is 0 Å². The fourth-order valence-electron chi connectivity index (χ4n) is 2.95. The Labute approximate surface area is 114 Å². The van der Waals surface area contributed by atoms with Gasteiger partial charge in [0.05, 0.1) is 0 Å². The molecule has 3 nitrogen and oxygen atoms in total. The molecule has 2 heterocycles. The van der Waals surface area contributed by atoms with Crippen LogP contribution in [0.2, 0.25) is 0 Å². The number of hydrogen-bond donors (Lipinski definition) is 2. The van der Waals surface area contributed by atoms with Crippen LogP contribution in [-0.2, 0) is 12.8 Å². The molecule has 0 spiro atoms. The van der Waals surface area contributed by atoms with E-state index in [1.165, 1.54) is 16.8 Å². The molecule has 2 N–H and O–H groups in total. The van der Waals surface area contributed by atoms with Gasteiger partial charge >= 0.3 is 0 Å². The molecule has 0 bridgehead atoms. The van der Waals surface area contributed by atoms with Crippen LogP contribution in [-0.4, -0.2) is 15.8 Å². The number of aromatic nitrogens is 2. The first-order valence-electron chi connectivity index (χ1n) is 6.80. The highest BCUT2D eigenvalue weighted by atomic mass is 16.1. The summed E-state index contributed by atoms with van der Waals surface area (Å²) in [6.45, 7) is 9.92. The normalized spacial score (nSPS) is 11.0. The molecule has 0 aliphatic carbocycles. The summed E-state index contributed by atoms with van der Waals surface area (Å²) < 4.78 is 0. The van der Waals surface area contributed by atoms with E-state index in [-0.39, 0.29) is 5.78 Å². The van der Waals surface area contributed by atoms with Crippen LogP contribution in [0.25, 0.3) is 0 Å². The lowest BCUT2D eigenvalue weighted by Crippen LogP contribution is -1.98. The van der Waals surface area contributed by atoms with Crippen LogP contribution in [0.15, 0.2) is 6.20 Å². The van der Waals surface area contributed by atoms with Gasteiger partial charge in [-0.2, -0.15) is 0 Å². The van der Waals surface area contributed by atoms with Crippen LogP contribution in [0.4, 0.5) is 0 Å². The fraction of sp³-hybridized carbons (Fsp3) is 0.438. The van der Waals surface area contributed by atoms with E-state index in [0.29, 0.717) is 0 Å². The number of rotatable bonds is 4. The molecule has 0 atom stereocenters. The first-order chi connectivity index (χ1) is 8.95. The minimum absolute atomic E-state index is 0.135. The zero-order valence-corrected chi connectivity index (χ0v) is 12.4. The van der Waals surface area contributed by atoms with Crippen LogP contribution in [0.3, 0.4) is 0 Å². The monoisotopic (exact) mass is 258 g/mol. The zero-order chi connectivity index (χ0) is 14.2. The Morgan fingerprint density at radius 1 is 1.21 bits per heavy atom. The van der Waals surface area contributed by atoms with E-state index >= 15 is 0 Å². The highest BCUT2D eigenvalue weighted by Gasteiger charge is 2.16. The molecule has 0 unspecified atom stereocenters. The van der Waals surface area contributed by atoms with Crippen LogP contribution in [0.1, 0.15) is 58.0 Å². The molecule has 0 fully saturated rings. The maximum atomic E-state index is 11.7. The number of H-pyrrole nitrogens is 2. The second-order valence-corrected chi connectivity index (χ2v) is 5.24. The van der Waals surface area contributed by atoms with E-state index < -0.39 is 0 Å². The number of ketones is 1. The van der Waals surface area contributed by atoms with Crippen molar-refractivity contribution in [1.82, 2.24) is 9.97 Å². The van der Waals surface area contributed by atoms with Gasteiger partial charge in [-0.3, -0.25) is 4.79 Å². The third kappa shape index (κ3) is 2.37. The summed E-state index contributed by atoms with van der Waals surface area (Å²) in [7, 11) is 0. The zero-order valence-electron chi connectivity index (χ0n) is 12.4. The molecule has 0 aliphatic rings. The molecule has 2 aromatic rings. The lowest BCUT2D eigenvalue weighted by molar-refractivity contribution is 0.101. The molecule has 0 radical (unpaired) electrons. The Bertz CT molecular complexity index is 617. The molecule has 2 rings (SSSR count).